The molecule has 0 spiro atoms. The molecule has 0 bridgehead atoms. The third-order valence-electron chi connectivity index (χ3n) is 6.36. The maximum absolute atomic E-state index is 12.7. The summed E-state index contributed by atoms with van der Waals surface area (Å²) in [5, 5.41) is 10.3. The summed E-state index contributed by atoms with van der Waals surface area (Å²) < 4.78 is 36.6. The number of hydrogen-bond acceptors (Lipinski definition) is 4. The van der Waals surface area contributed by atoms with Crippen LogP contribution in [0.2, 0.25) is 0 Å². The van der Waals surface area contributed by atoms with Gasteiger partial charge in [0.2, 0.25) is 0 Å². The minimum atomic E-state index is -2.50. The molecule has 33 heavy (non-hydrogen) atoms. The number of carbonyl (C=O) groups is 1. The quantitative estimate of drug-likeness (QED) is 0.487. The highest BCUT2D eigenvalue weighted by atomic mass is 19.3. The highest BCUT2D eigenvalue weighted by Gasteiger charge is 2.32. The number of ether oxygens (including phenoxy) is 2. The van der Waals surface area contributed by atoms with Crippen LogP contribution in [0, 0.1) is 6.92 Å². The number of aromatic amines is 1. The second-order valence-electron chi connectivity index (χ2n) is 8.42. The molecule has 0 saturated carbocycles. The molecule has 1 fully saturated rings. The average Bonchev–Trinajstić information content (AvgIpc) is 3.30. The van der Waals surface area contributed by atoms with E-state index in [4.69, 9.17) is 9.47 Å². The van der Waals surface area contributed by atoms with Gasteiger partial charge in [0.1, 0.15) is 12.4 Å². The zero-order chi connectivity index (χ0) is 23.5. The van der Waals surface area contributed by atoms with Crippen molar-refractivity contribution in [1.29, 1.82) is 0 Å². The topological polar surface area (TPSA) is 74.8 Å². The molecule has 2 N–H and O–H groups in total. The van der Waals surface area contributed by atoms with E-state index in [2.05, 4.69) is 9.88 Å². The molecule has 6 nitrogen and oxygen atoms in total. The maximum Gasteiger partial charge on any atom is 0.335 e. The standard InChI is InChI=1S/C25H28F2N2O4/c1-15-11-22(32-2)20(19-7-9-28-24(15)19)13-29-10-8-18(33-14-23(26)27)12-21(29)16-3-5-17(6-4-16)25(30)31/h3-7,9,11,18,21,23,28H,8,10,12-14H2,1-2H3,(H,30,31)/t18-,21+/m1/s1. The molecular weight excluding hydrogens is 430 g/mol. The Balaban J connectivity index is 1.66. The Morgan fingerprint density at radius 3 is 2.70 bits per heavy atom. The molecule has 0 radical (unpaired) electrons. The van der Waals surface area contributed by atoms with E-state index in [1.54, 1.807) is 31.4 Å². The summed E-state index contributed by atoms with van der Waals surface area (Å²) in [4.78, 5) is 16.9. The van der Waals surface area contributed by atoms with E-state index in [9.17, 15) is 18.7 Å². The second kappa shape index (κ2) is 9.89. The Hall–Kier alpha value is -2.97. The SMILES string of the molecule is COc1cc(C)c2[nH]ccc2c1CN1CC[C@@H](OCC(F)F)C[C@H]1c1ccc(C(=O)O)cc1. The molecular formula is C25H28F2N2O4. The van der Waals surface area contributed by atoms with Crippen LogP contribution in [0.3, 0.4) is 0 Å². The minimum absolute atomic E-state index is 0.107. The van der Waals surface area contributed by atoms with Crippen LogP contribution in [0.15, 0.2) is 42.6 Å². The molecule has 8 heteroatoms. The summed E-state index contributed by atoms with van der Waals surface area (Å²) in [5.74, 6) is -0.185. The number of carboxylic acids is 1. The van der Waals surface area contributed by atoms with Crippen molar-refractivity contribution >= 4 is 16.9 Å². The molecule has 2 heterocycles. The third kappa shape index (κ3) is 5.02. The summed E-state index contributed by atoms with van der Waals surface area (Å²) in [7, 11) is 1.66. The Bertz CT molecular complexity index is 1110. The first-order chi connectivity index (χ1) is 15.9. The summed E-state index contributed by atoms with van der Waals surface area (Å²) >= 11 is 0. The van der Waals surface area contributed by atoms with Crippen molar-refractivity contribution in [2.24, 2.45) is 0 Å². The van der Waals surface area contributed by atoms with Crippen LogP contribution in [-0.4, -0.2) is 53.8 Å². The number of aryl methyl sites for hydroxylation is 1. The van der Waals surface area contributed by atoms with Crippen LogP contribution in [0.4, 0.5) is 8.78 Å². The number of aromatic nitrogens is 1. The first-order valence-electron chi connectivity index (χ1n) is 11.0. The largest absolute Gasteiger partial charge is 0.496 e. The smallest absolute Gasteiger partial charge is 0.335 e. The molecule has 0 amide bonds. The van der Waals surface area contributed by atoms with Crippen LogP contribution >= 0.6 is 0 Å². The number of rotatable bonds is 8. The van der Waals surface area contributed by atoms with Crippen LogP contribution in [0.1, 0.15) is 45.9 Å². The van der Waals surface area contributed by atoms with E-state index < -0.39 is 19.0 Å². The monoisotopic (exact) mass is 458 g/mol. The lowest BCUT2D eigenvalue weighted by molar-refractivity contribution is -0.0603. The molecule has 2 atom stereocenters. The number of alkyl halides is 2. The summed E-state index contributed by atoms with van der Waals surface area (Å²) in [6.45, 7) is 2.71. The van der Waals surface area contributed by atoms with Crippen molar-refractivity contribution in [2.75, 3.05) is 20.3 Å². The van der Waals surface area contributed by atoms with Crippen molar-refractivity contribution in [1.82, 2.24) is 9.88 Å². The molecule has 176 valence electrons. The van der Waals surface area contributed by atoms with Gasteiger partial charge in [0, 0.05) is 41.8 Å². The van der Waals surface area contributed by atoms with E-state index in [0.29, 0.717) is 25.9 Å². The van der Waals surface area contributed by atoms with Gasteiger partial charge < -0.3 is 19.6 Å². The number of halogens is 2. The maximum atomic E-state index is 12.7. The number of nitrogens with zero attached hydrogens (tertiary/aromatic N) is 1. The van der Waals surface area contributed by atoms with Gasteiger partial charge in [0.25, 0.3) is 6.43 Å². The van der Waals surface area contributed by atoms with Crippen molar-refractivity contribution in [2.45, 2.75) is 44.9 Å². The highest BCUT2D eigenvalue weighted by Crippen LogP contribution is 2.38. The van der Waals surface area contributed by atoms with Gasteiger partial charge in [0.15, 0.2) is 0 Å². The predicted molar refractivity (Wildman–Crippen MR) is 121 cm³/mol. The Labute approximate surface area is 191 Å². The van der Waals surface area contributed by atoms with E-state index in [1.165, 1.54) is 0 Å². The first-order valence-corrected chi connectivity index (χ1v) is 11.0. The third-order valence-corrected chi connectivity index (χ3v) is 6.36. The Kier molecular flexibility index (Phi) is 6.95. The average molecular weight is 459 g/mol. The number of methoxy groups -OCH3 is 1. The van der Waals surface area contributed by atoms with Crippen molar-refractivity contribution in [3.8, 4) is 5.75 Å². The lowest BCUT2D eigenvalue weighted by Crippen LogP contribution is -2.40. The fraction of sp³-hybridized carbons (Fsp3) is 0.400. The van der Waals surface area contributed by atoms with Gasteiger partial charge >= 0.3 is 5.97 Å². The number of benzene rings is 2. The number of likely N-dealkylation sites (tertiary alicyclic amines) is 1. The fourth-order valence-electron chi connectivity index (χ4n) is 4.71. The van der Waals surface area contributed by atoms with Gasteiger partial charge in [-0.05, 0) is 55.2 Å². The van der Waals surface area contributed by atoms with Crippen molar-refractivity contribution in [3.63, 3.8) is 0 Å². The highest BCUT2D eigenvalue weighted by molar-refractivity contribution is 5.88. The zero-order valence-corrected chi connectivity index (χ0v) is 18.7. The molecule has 2 aromatic carbocycles. The lowest BCUT2D eigenvalue weighted by Gasteiger charge is -2.40. The number of piperidine rings is 1. The summed E-state index contributed by atoms with van der Waals surface area (Å²) in [6, 6.07) is 10.7. The first kappa shape index (κ1) is 23.2. The molecule has 3 aromatic rings. The van der Waals surface area contributed by atoms with Gasteiger partial charge in [-0.15, -0.1) is 0 Å². The molecule has 1 aromatic heterocycles. The van der Waals surface area contributed by atoms with Gasteiger partial charge in [-0.2, -0.15) is 0 Å². The number of fused-ring (bicyclic) bond motifs is 1. The number of carboxylic acid groups (broad SMARTS) is 1. The van der Waals surface area contributed by atoms with Gasteiger partial charge in [-0.25, -0.2) is 13.6 Å². The number of aromatic carboxylic acids is 1. The minimum Gasteiger partial charge on any atom is -0.496 e. The van der Waals surface area contributed by atoms with Crippen LogP contribution < -0.4 is 4.74 Å². The normalized spacial score (nSPS) is 19.3. The Morgan fingerprint density at radius 1 is 1.27 bits per heavy atom. The molecule has 4 rings (SSSR count). The van der Waals surface area contributed by atoms with Gasteiger partial charge in [0.05, 0.1) is 18.8 Å². The van der Waals surface area contributed by atoms with E-state index >= 15 is 0 Å². The van der Waals surface area contributed by atoms with Crippen LogP contribution in [0.5, 0.6) is 5.75 Å². The molecule has 1 saturated heterocycles. The summed E-state index contributed by atoms with van der Waals surface area (Å²) in [6.07, 6.45) is 0.305. The van der Waals surface area contributed by atoms with Gasteiger partial charge in [-0.3, -0.25) is 4.90 Å². The molecule has 1 aliphatic rings. The number of H-pyrrole nitrogens is 1. The number of nitrogens with one attached hydrogen (secondary N) is 1. The molecule has 0 aliphatic carbocycles. The number of hydrogen-bond donors (Lipinski definition) is 2. The van der Waals surface area contributed by atoms with E-state index in [1.807, 2.05) is 25.3 Å². The molecule has 1 aliphatic heterocycles. The second-order valence-corrected chi connectivity index (χ2v) is 8.42. The fourth-order valence-corrected chi connectivity index (χ4v) is 4.71. The zero-order valence-electron chi connectivity index (χ0n) is 18.7. The predicted octanol–water partition coefficient (Wildman–Crippen LogP) is 5.17. The van der Waals surface area contributed by atoms with Crippen molar-refractivity contribution in [3.05, 3.63) is 64.8 Å². The van der Waals surface area contributed by atoms with Gasteiger partial charge in [-0.1, -0.05) is 12.1 Å². The molecule has 0 unspecified atom stereocenters. The van der Waals surface area contributed by atoms with Crippen molar-refractivity contribution < 1.29 is 28.2 Å². The lowest BCUT2D eigenvalue weighted by atomic mass is 9.91. The van der Waals surface area contributed by atoms with Crippen LogP contribution in [0.25, 0.3) is 10.9 Å². The summed E-state index contributed by atoms with van der Waals surface area (Å²) in [5.41, 5.74) is 4.35. The van der Waals surface area contributed by atoms with E-state index in [-0.39, 0.29) is 17.7 Å². The Morgan fingerprint density at radius 2 is 2.03 bits per heavy atom. The van der Waals surface area contributed by atoms with Crippen LogP contribution in [-0.2, 0) is 11.3 Å². The van der Waals surface area contributed by atoms with E-state index in [0.717, 1.165) is 33.3 Å².